The fourth-order valence-electron chi connectivity index (χ4n) is 8.91. The predicted molar refractivity (Wildman–Crippen MR) is 345 cm³/mol. The van der Waals surface area contributed by atoms with Crippen molar-refractivity contribution in [1.29, 1.82) is 0 Å². The van der Waals surface area contributed by atoms with Crippen molar-refractivity contribution >= 4 is 119 Å². The van der Waals surface area contributed by atoms with Crippen LogP contribution in [0.15, 0.2) is 174 Å². The molecule has 2 atom stereocenters. The van der Waals surface area contributed by atoms with Crippen LogP contribution < -0.4 is 0 Å². The van der Waals surface area contributed by atoms with E-state index in [-0.39, 0.29) is 55.3 Å². The molecule has 92 heavy (non-hydrogen) atoms. The van der Waals surface area contributed by atoms with Crippen LogP contribution in [0.2, 0.25) is 10.0 Å². The number of rotatable bonds is 15. The van der Waals surface area contributed by atoms with Gasteiger partial charge in [0.2, 0.25) is 0 Å². The van der Waals surface area contributed by atoms with Crippen LogP contribution in [-0.2, 0) is 67.3 Å². The quantitative estimate of drug-likeness (QED) is 0.0534. The first-order chi connectivity index (χ1) is 43.4. The lowest BCUT2D eigenvalue weighted by molar-refractivity contribution is -0.141. The molecular weight excluding hydrogens is 1270 g/mol. The van der Waals surface area contributed by atoms with Crippen LogP contribution in [0.5, 0.6) is 0 Å². The van der Waals surface area contributed by atoms with Crippen LogP contribution in [0.4, 0.5) is 0 Å². The van der Waals surface area contributed by atoms with Crippen LogP contribution in [0.1, 0.15) is 156 Å². The Bertz CT molecular complexity index is 3810. The molecule has 4 fully saturated rings. The number of oxime groups is 6. The molecular formula is C65H70Cl2N6O17S2. The molecule has 0 aromatic heterocycles. The Hall–Kier alpha value is -8.91. The van der Waals surface area contributed by atoms with Crippen LogP contribution in [0, 0.1) is 23.7 Å². The van der Waals surface area contributed by atoms with E-state index in [1.54, 1.807) is 109 Å². The zero-order chi connectivity index (χ0) is 67.8. The molecule has 2 bridgehead atoms. The third-order valence-corrected chi connectivity index (χ3v) is 17.7. The number of ketones is 3. The van der Waals surface area contributed by atoms with Gasteiger partial charge in [0.05, 0.1) is 22.4 Å². The molecule has 27 heteroatoms. The molecule has 2 unspecified atom stereocenters. The first kappa shape index (κ1) is 73.8. The summed E-state index contributed by atoms with van der Waals surface area (Å²) in [6, 6.07) is 35.1. The number of halogens is 2. The van der Waals surface area contributed by atoms with E-state index in [0.717, 1.165) is 62.6 Å². The van der Waals surface area contributed by atoms with Crippen molar-refractivity contribution in [3.8, 4) is 0 Å². The van der Waals surface area contributed by atoms with E-state index in [1.165, 1.54) is 58.9 Å². The number of carbonyl (C=O) groups is 7. The molecule has 23 nitrogen and oxygen atoms in total. The number of hydrogen-bond donors (Lipinski definition) is 0. The minimum atomic E-state index is -3.93. The monoisotopic (exact) mass is 1340 g/mol. The summed E-state index contributed by atoms with van der Waals surface area (Å²) in [7, 11) is -7.68. The van der Waals surface area contributed by atoms with E-state index in [2.05, 4.69) is 58.7 Å². The zero-order valence-corrected chi connectivity index (χ0v) is 55.2. The summed E-state index contributed by atoms with van der Waals surface area (Å²) in [6.45, 7) is 14.9. The number of carbonyl (C=O) groups excluding carboxylic acids is 7. The van der Waals surface area contributed by atoms with E-state index in [1.807, 2.05) is 13.8 Å². The lowest BCUT2D eigenvalue weighted by atomic mass is 9.70. The van der Waals surface area contributed by atoms with Crippen molar-refractivity contribution in [3.63, 3.8) is 0 Å². The van der Waals surface area contributed by atoms with Crippen molar-refractivity contribution < 1.29 is 78.3 Å². The van der Waals surface area contributed by atoms with Crippen LogP contribution >= 0.6 is 23.2 Å². The summed E-state index contributed by atoms with van der Waals surface area (Å²) < 4.78 is 55.7. The number of benzene rings is 5. The fraction of sp³-hybridized carbons (Fsp3) is 0.338. The molecule has 0 amide bonds. The summed E-state index contributed by atoms with van der Waals surface area (Å²) >= 11 is 11.6. The van der Waals surface area contributed by atoms with Crippen LogP contribution in [0.3, 0.4) is 0 Å². The third-order valence-electron chi connectivity index (χ3n) is 15.0. The Labute approximate surface area is 544 Å². The standard InChI is InChI=1S/C20H16Cl2N2O4.C12H15NO3S.C12H17NO3.C11H11NO3.C10H11NO4S/c21-15-9-5-13(6-10-15)19(25)27-23-17-3-1-2-4-18(17)24-28-20(26)14-7-11-16(22)12-8-14;1-10-6-8-12(9-7-10)17(14,15)16-13-11-4-2-3-5-11;1-7(14)16-13-9-8-5-6-12(4,10(9)15)11(8,2)3;1-8(9(2)13)12-15-11(14)10-6-4-3-5-7-10;1-8(9(2)12)11-15-16(13,14)10-6-4-3-5-7-10/h5-12H,1-4H2;6-9H,2-5H2,1H3;8H,5-6H2,1-4H3;3-7H,1-2H3;3-7H,1-2H3/b23-17-,24-18-;;13-9-;12-8-;11-8-. The molecule has 488 valence electrons. The van der Waals surface area contributed by atoms with Crippen molar-refractivity contribution in [2.45, 2.75) is 136 Å². The summed E-state index contributed by atoms with van der Waals surface area (Å²) in [6.07, 6.45) is 8.56. The molecule has 5 aromatic carbocycles. The van der Waals surface area contributed by atoms with Crippen molar-refractivity contribution in [2.24, 2.45) is 47.7 Å². The SMILES string of the molecule is CC(=O)/C(C)=N\OC(=O)c1ccccc1.CC(=O)/C(C)=N\OS(=O)(=O)c1ccccc1.CC(=O)O/N=C1\C(=O)C2(C)CCC1C2(C)C.Cc1ccc(S(=O)(=O)ON=C2CCCC2)cc1.O=C(O/N=C1/CCCC/C1=N/OC(=O)c1ccc(Cl)cc1)c1ccc(Cl)cc1. The predicted octanol–water partition coefficient (Wildman–Crippen LogP) is 13.0. The molecule has 0 spiro atoms. The topological polar surface area (TPSA) is 317 Å². The second-order valence-corrected chi connectivity index (χ2v) is 25.8. The molecule has 0 aliphatic heterocycles. The molecule has 9 rings (SSSR count). The minimum absolute atomic E-state index is 0.000457. The summed E-state index contributed by atoms with van der Waals surface area (Å²) in [5.74, 6) is -2.65. The van der Waals surface area contributed by atoms with Gasteiger partial charge in [-0.3, -0.25) is 23.0 Å². The van der Waals surface area contributed by atoms with E-state index in [4.69, 9.17) is 37.2 Å². The number of aryl methyl sites for hydroxylation is 1. The van der Waals surface area contributed by atoms with Gasteiger partial charge in [0, 0.05) is 42.1 Å². The Balaban J connectivity index is 0.000000214. The summed E-state index contributed by atoms with van der Waals surface area (Å²) in [5.41, 5.74) is 4.07. The van der Waals surface area contributed by atoms with E-state index in [0.29, 0.717) is 56.7 Å². The molecule has 0 radical (unpaired) electrons. The Kier molecular flexibility index (Phi) is 27.7. The Morgan fingerprint density at radius 1 is 0.489 bits per heavy atom. The molecule has 0 N–H and O–H groups in total. The normalized spacial score (nSPS) is 18.6. The highest BCUT2D eigenvalue weighted by atomic mass is 35.5. The van der Waals surface area contributed by atoms with Gasteiger partial charge in [-0.25, -0.2) is 19.2 Å². The highest BCUT2D eigenvalue weighted by Gasteiger charge is 2.65. The first-order valence-corrected chi connectivity index (χ1v) is 32.3. The molecule has 5 aromatic rings. The molecule has 0 saturated heterocycles. The van der Waals surface area contributed by atoms with E-state index in [9.17, 15) is 50.4 Å². The highest BCUT2D eigenvalue weighted by molar-refractivity contribution is 7.87. The Morgan fingerprint density at radius 2 is 0.913 bits per heavy atom. The first-order valence-electron chi connectivity index (χ1n) is 28.8. The van der Waals surface area contributed by atoms with E-state index < -0.39 is 44.1 Å². The smallest absolute Gasteiger partial charge is 0.318 e. The van der Waals surface area contributed by atoms with Gasteiger partial charge in [-0.1, -0.05) is 129 Å². The summed E-state index contributed by atoms with van der Waals surface area (Å²) in [4.78, 5) is 99.3. The molecule has 0 heterocycles. The maximum Gasteiger partial charge on any atom is 0.365 e. The largest absolute Gasteiger partial charge is 0.365 e. The van der Waals surface area contributed by atoms with Gasteiger partial charge >= 0.3 is 44.1 Å². The van der Waals surface area contributed by atoms with Crippen LogP contribution in [-0.4, -0.2) is 92.3 Å². The lowest BCUT2D eigenvalue weighted by Crippen LogP contribution is -2.33. The highest BCUT2D eigenvalue weighted by Crippen LogP contribution is 2.62. The lowest BCUT2D eigenvalue weighted by Gasteiger charge is -2.31. The maximum atomic E-state index is 12.2. The maximum absolute atomic E-state index is 12.2. The number of fused-ring (bicyclic) bond motifs is 2. The van der Waals surface area contributed by atoms with Gasteiger partial charge in [-0.05, 0) is 175 Å². The molecule has 4 saturated carbocycles. The summed E-state index contributed by atoms with van der Waals surface area (Å²) in [5, 5.41) is 23.0. The number of Topliss-reactive ketones (excluding diaryl/α,β-unsaturated/α-hetero) is 3. The molecule has 4 aliphatic carbocycles. The average molecular weight is 1340 g/mol. The zero-order valence-electron chi connectivity index (χ0n) is 52.0. The van der Waals surface area contributed by atoms with Crippen LogP contribution in [0.25, 0.3) is 0 Å². The van der Waals surface area contributed by atoms with Gasteiger partial charge in [0.25, 0.3) is 0 Å². The molecule has 4 aliphatic rings. The van der Waals surface area contributed by atoms with Gasteiger partial charge in [0.1, 0.15) is 38.3 Å². The second kappa shape index (κ2) is 34.5. The Morgan fingerprint density at radius 3 is 1.37 bits per heavy atom. The fourth-order valence-corrected chi connectivity index (χ4v) is 10.7. The van der Waals surface area contributed by atoms with Crippen molar-refractivity contribution in [2.75, 3.05) is 0 Å². The average Bonchev–Trinajstić information content (AvgIpc) is 1.55. The van der Waals surface area contributed by atoms with Gasteiger partial charge in [0.15, 0.2) is 17.3 Å². The third kappa shape index (κ3) is 21.9. The van der Waals surface area contributed by atoms with Crippen molar-refractivity contribution in [3.05, 3.63) is 166 Å². The van der Waals surface area contributed by atoms with E-state index >= 15 is 0 Å². The minimum Gasteiger partial charge on any atom is -0.318 e. The van der Waals surface area contributed by atoms with Gasteiger partial charge in [-0.15, -0.1) is 0 Å². The van der Waals surface area contributed by atoms with Gasteiger partial charge < -0.3 is 19.4 Å². The number of nitrogens with zero attached hydrogens (tertiary/aromatic N) is 6. The second-order valence-electron chi connectivity index (χ2n) is 21.8. The van der Waals surface area contributed by atoms with Crippen molar-refractivity contribution in [1.82, 2.24) is 0 Å². The van der Waals surface area contributed by atoms with Gasteiger partial charge in [-0.2, -0.15) is 16.8 Å². The number of hydrogen-bond acceptors (Lipinski definition) is 23.